The Bertz CT molecular complexity index is 1640. The Labute approximate surface area is 191 Å². The fraction of sp³-hybridized carbons (Fsp3) is 0. The molecule has 0 saturated carbocycles. The van der Waals surface area contributed by atoms with Gasteiger partial charge in [0.25, 0.3) is 0 Å². The molecule has 33 heavy (non-hydrogen) atoms. The van der Waals surface area contributed by atoms with Gasteiger partial charge in [0.05, 0.1) is 28.4 Å². The summed E-state index contributed by atoms with van der Waals surface area (Å²) in [6, 6.07) is 41.4. The fourth-order valence-corrected chi connectivity index (χ4v) is 4.49. The second-order valence-electron chi connectivity index (χ2n) is 8.00. The molecule has 0 amide bonds. The molecule has 4 aromatic carbocycles. The molecule has 0 bridgehead atoms. The van der Waals surface area contributed by atoms with Gasteiger partial charge >= 0.3 is 0 Å². The van der Waals surface area contributed by atoms with Gasteiger partial charge in [-0.2, -0.15) is 5.26 Å². The number of nitriles is 1. The van der Waals surface area contributed by atoms with Crippen molar-refractivity contribution in [2.24, 2.45) is 0 Å². The molecular formula is C30H19N3. The summed E-state index contributed by atoms with van der Waals surface area (Å²) in [5.41, 5.74) is 10.2. The first-order valence-electron chi connectivity index (χ1n) is 10.9. The van der Waals surface area contributed by atoms with Crippen LogP contribution in [-0.4, -0.2) is 9.38 Å². The second kappa shape index (κ2) is 7.78. The molecule has 0 aliphatic rings. The van der Waals surface area contributed by atoms with Gasteiger partial charge in [-0.3, -0.25) is 4.40 Å². The highest BCUT2D eigenvalue weighted by atomic mass is 15.0. The molecule has 6 aromatic rings. The summed E-state index contributed by atoms with van der Waals surface area (Å²) < 4.78 is 2.24. The maximum absolute atomic E-state index is 9.27. The zero-order valence-corrected chi connectivity index (χ0v) is 17.8. The van der Waals surface area contributed by atoms with Crippen molar-refractivity contribution in [3.63, 3.8) is 0 Å². The maximum atomic E-state index is 9.27. The number of imidazole rings is 1. The predicted molar refractivity (Wildman–Crippen MR) is 134 cm³/mol. The van der Waals surface area contributed by atoms with Crippen molar-refractivity contribution < 1.29 is 0 Å². The Balaban J connectivity index is 1.80. The van der Waals surface area contributed by atoms with Gasteiger partial charge in [0.1, 0.15) is 5.65 Å². The Morgan fingerprint density at radius 2 is 1.27 bits per heavy atom. The highest BCUT2D eigenvalue weighted by Gasteiger charge is 2.20. The number of hydrogen-bond acceptors (Lipinski definition) is 2. The van der Waals surface area contributed by atoms with Gasteiger partial charge < -0.3 is 0 Å². The zero-order valence-electron chi connectivity index (χ0n) is 17.8. The monoisotopic (exact) mass is 421 g/mol. The molecule has 0 unspecified atom stereocenters. The number of nitrogens with zero attached hydrogens (tertiary/aromatic N) is 3. The number of pyridine rings is 1. The van der Waals surface area contributed by atoms with Crippen LogP contribution in [-0.2, 0) is 0 Å². The number of para-hydroxylation sites is 2. The lowest BCUT2D eigenvalue weighted by Gasteiger charge is -2.17. The molecule has 3 heteroatoms. The average Bonchev–Trinajstić information content (AvgIpc) is 3.28. The smallest absolute Gasteiger partial charge is 0.146 e. The van der Waals surface area contributed by atoms with Crippen molar-refractivity contribution in [2.45, 2.75) is 0 Å². The molecule has 0 fully saturated rings. The predicted octanol–water partition coefficient (Wildman–Crippen LogP) is 7.36. The minimum atomic E-state index is 0.648. The van der Waals surface area contributed by atoms with Gasteiger partial charge in [-0.05, 0) is 52.6 Å². The number of hydrogen-bond donors (Lipinski definition) is 0. The van der Waals surface area contributed by atoms with Crippen molar-refractivity contribution in [3.05, 3.63) is 121 Å². The van der Waals surface area contributed by atoms with Crippen LogP contribution < -0.4 is 0 Å². The van der Waals surface area contributed by atoms with Crippen LogP contribution in [0.1, 0.15) is 5.56 Å². The van der Waals surface area contributed by atoms with Gasteiger partial charge in [0.2, 0.25) is 0 Å². The molecule has 0 N–H and O–H groups in total. The molecule has 0 aliphatic heterocycles. The van der Waals surface area contributed by atoms with Crippen LogP contribution in [0.2, 0.25) is 0 Å². The van der Waals surface area contributed by atoms with E-state index in [2.05, 4.69) is 77.2 Å². The van der Waals surface area contributed by atoms with E-state index in [-0.39, 0.29) is 0 Å². The van der Waals surface area contributed by atoms with E-state index in [4.69, 9.17) is 4.98 Å². The van der Waals surface area contributed by atoms with Gasteiger partial charge in [0, 0.05) is 5.56 Å². The molecule has 154 valence electrons. The third-order valence-electron chi connectivity index (χ3n) is 6.03. The Hall–Kier alpha value is -4.68. The molecule has 0 radical (unpaired) electrons. The zero-order chi connectivity index (χ0) is 22.2. The summed E-state index contributed by atoms with van der Waals surface area (Å²) in [6.45, 7) is 0. The molecular weight excluding hydrogens is 402 g/mol. The highest BCUT2D eigenvalue weighted by Crippen LogP contribution is 2.40. The lowest BCUT2D eigenvalue weighted by atomic mass is 9.93. The third kappa shape index (κ3) is 3.17. The molecule has 2 aromatic heterocycles. The first kappa shape index (κ1) is 19.0. The van der Waals surface area contributed by atoms with E-state index in [1.165, 1.54) is 0 Å². The van der Waals surface area contributed by atoms with E-state index < -0.39 is 0 Å². The standard InChI is InChI=1S/C30H19N3/c31-20-21-15-17-23(18-16-21)28-19-25(22-9-3-1-4-10-22)29(24-11-5-2-6-12-24)30-32-26-13-7-8-14-27(26)33(28)30/h1-19H. The van der Waals surface area contributed by atoms with Crippen molar-refractivity contribution in [2.75, 3.05) is 0 Å². The van der Waals surface area contributed by atoms with Gasteiger partial charge in [0.15, 0.2) is 0 Å². The van der Waals surface area contributed by atoms with E-state index in [1.54, 1.807) is 0 Å². The van der Waals surface area contributed by atoms with Crippen LogP contribution in [0.25, 0.3) is 50.2 Å². The molecule has 6 rings (SSSR count). The van der Waals surface area contributed by atoms with Crippen LogP contribution in [0.5, 0.6) is 0 Å². The average molecular weight is 422 g/mol. The number of aromatic nitrogens is 2. The Morgan fingerprint density at radius 3 is 1.97 bits per heavy atom. The normalized spacial score (nSPS) is 11.0. The van der Waals surface area contributed by atoms with Crippen LogP contribution in [0, 0.1) is 11.3 Å². The summed E-state index contributed by atoms with van der Waals surface area (Å²) >= 11 is 0. The molecule has 0 spiro atoms. The number of benzene rings is 4. The summed E-state index contributed by atoms with van der Waals surface area (Å²) in [4.78, 5) is 5.11. The van der Waals surface area contributed by atoms with Crippen molar-refractivity contribution in [3.8, 4) is 39.6 Å². The van der Waals surface area contributed by atoms with E-state index in [9.17, 15) is 5.26 Å². The van der Waals surface area contributed by atoms with E-state index in [0.717, 1.165) is 50.2 Å². The largest absolute Gasteiger partial charge is 0.292 e. The molecule has 0 aliphatic carbocycles. The lowest BCUT2D eigenvalue weighted by Crippen LogP contribution is -1.98. The van der Waals surface area contributed by atoms with Crippen molar-refractivity contribution >= 4 is 16.7 Å². The second-order valence-corrected chi connectivity index (χ2v) is 8.00. The SMILES string of the molecule is N#Cc1ccc(-c2cc(-c3ccccc3)c(-c3ccccc3)c3nc4ccccc4n23)cc1. The van der Waals surface area contributed by atoms with E-state index in [1.807, 2.05) is 48.5 Å². The van der Waals surface area contributed by atoms with Crippen LogP contribution in [0.15, 0.2) is 115 Å². The van der Waals surface area contributed by atoms with E-state index in [0.29, 0.717) is 5.56 Å². The van der Waals surface area contributed by atoms with Crippen LogP contribution >= 0.6 is 0 Å². The number of fused-ring (bicyclic) bond motifs is 3. The van der Waals surface area contributed by atoms with Crippen molar-refractivity contribution in [1.82, 2.24) is 9.38 Å². The Morgan fingerprint density at radius 1 is 0.636 bits per heavy atom. The van der Waals surface area contributed by atoms with Crippen LogP contribution in [0.3, 0.4) is 0 Å². The fourth-order valence-electron chi connectivity index (χ4n) is 4.49. The first-order chi connectivity index (χ1) is 16.3. The Kier molecular flexibility index (Phi) is 4.49. The lowest BCUT2D eigenvalue weighted by molar-refractivity contribution is 1.23. The van der Waals surface area contributed by atoms with Gasteiger partial charge in [-0.25, -0.2) is 4.98 Å². The summed E-state index contributed by atoms with van der Waals surface area (Å²) in [5.74, 6) is 0. The van der Waals surface area contributed by atoms with Gasteiger partial charge in [-0.15, -0.1) is 0 Å². The number of rotatable bonds is 3. The van der Waals surface area contributed by atoms with Crippen molar-refractivity contribution in [1.29, 1.82) is 5.26 Å². The third-order valence-corrected chi connectivity index (χ3v) is 6.03. The molecule has 0 atom stereocenters. The van der Waals surface area contributed by atoms with Gasteiger partial charge in [-0.1, -0.05) is 84.9 Å². The summed E-state index contributed by atoms with van der Waals surface area (Å²) in [5, 5.41) is 9.27. The first-order valence-corrected chi connectivity index (χ1v) is 10.9. The molecule has 3 nitrogen and oxygen atoms in total. The molecule has 2 heterocycles. The quantitative estimate of drug-likeness (QED) is 0.299. The van der Waals surface area contributed by atoms with Crippen LogP contribution in [0.4, 0.5) is 0 Å². The summed E-state index contributed by atoms with van der Waals surface area (Å²) in [6.07, 6.45) is 0. The highest BCUT2D eigenvalue weighted by molar-refractivity contribution is 5.98. The molecule has 0 saturated heterocycles. The minimum absolute atomic E-state index is 0.648. The minimum Gasteiger partial charge on any atom is -0.292 e. The van der Waals surface area contributed by atoms with E-state index >= 15 is 0 Å². The maximum Gasteiger partial charge on any atom is 0.146 e. The topological polar surface area (TPSA) is 41.1 Å². The summed E-state index contributed by atoms with van der Waals surface area (Å²) in [7, 11) is 0.